The lowest BCUT2D eigenvalue weighted by Gasteiger charge is -2.40. The molecular formula is C27H34N8O4. The van der Waals surface area contributed by atoms with E-state index in [0.29, 0.717) is 65.8 Å². The second-order valence-electron chi connectivity index (χ2n) is 10.3. The molecule has 0 spiro atoms. The molecule has 0 aliphatic carbocycles. The van der Waals surface area contributed by atoms with Gasteiger partial charge in [-0.05, 0) is 38.4 Å². The van der Waals surface area contributed by atoms with Crippen LogP contribution in [0.3, 0.4) is 0 Å². The van der Waals surface area contributed by atoms with Crippen molar-refractivity contribution >= 4 is 23.4 Å². The van der Waals surface area contributed by atoms with Crippen molar-refractivity contribution in [3.05, 3.63) is 35.0 Å². The van der Waals surface area contributed by atoms with Gasteiger partial charge in [0.05, 0.1) is 35.6 Å². The summed E-state index contributed by atoms with van der Waals surface area (Å²) in [5.74, 6) is 1.94. The highest BCUT2D eigenvalue weighted by molar-refractivity contribution is 6.02. The zero-order valence-electron chi connectivity index (χ0n) is 22.3. The molecule has 1 aromatic heterocycles. The first kappa shape index (κ1) is 25.5. The standard InChI is InChI=1S/C27H34N8O4/c1-3-30-27(2)21-17(14-28)15-29-24(21)32-26(33-27)31-20-5-4-19(22-23(20)39-16-38-22)25(36)35-8-6-18(7-9-35)34-10-12-37-13-11-34/h4-5,15,18,29-30H,3,6-13,16H2,1-2H3,(H2,31,32,33). The molecule has 2 saturated heterocycles. The van der Waals surface area contributed by atoms with Gasteiger partial charge in [-0.25, -0.2) is 0 Å². The third-order valence-corrected chi connectivity index (χ3v) is 7.92. The molecule has 4 N–H and O–H groups in total. The normalized spacial score (nSPS) is 23.0. The first-order valence-electron chi connectivity index (χ1n) is 13.5. The Balaban J connectivity index is 1.20. The number of H-pyrrole nitrogens is 1. The van der Waals surface area contributed by atoms with Crippen molar-refractivity contribution in [3.63, 3.8) is 0 Å². The van der Waals surface area contributed by atoms with Crippen molar-refractivity contribution in [1.82, 2.24) is 25.4 Å². The number of carbonyl (C=O) groups excluding carboxylic acids is 1. The van der Waals surface area contributed by atoms with E-state index >= 15 is 0 Å². The Morgan fingerprint density at radius 1 is 1.21 bits per heavy atom. The molecule has 4 aliphatic heterocycles. The zero-order valence-corrected chi connectivity index (χ0v) is 22.3. The number of aromatic amines is 1. The van der Waals surface area contributed by atoms with Crippen LogP contribution in [-0.2, 0) is 10.4 Å². The van der Waals surface area contributed by atoms with Gasteiger partial charge in [0.25, 0.3) is 5.91 Å². The maximum Gasteiger partial charge on any atom is 0.257 e. The predicted molar refractivity (Wildman–Crippen MR) is 144 cm³/mol. The fourth-order valence-electron chi connectivity index (χ4n) is 6.02. The number of benzene rings is 1. The second kappa shape index (κ2) is 10.4. The van der Waals surface area contributed by atoms with Crippen molar-refractivity contribution in [2.24, 2.45) is 4.99 Å². The Bertz CT molecular complexity index is 1320. The number of likely N-dealkylation sites (tertiary alicyclic amines) is 1. The van der Waals surface area contributed by atoms with Crippen LogP contribution in [0.5, 0.6) is 11.5 Å². The number of ether oxygens (including phenoxy) is 3. The minimum Gasteiger partial charge on any atom is -0.453 e. The topological polar surface area (TPSA) is 139 Å². The highest BCUT2D eigenvalue weighted by Gasteiger charge is 2.38. The maximum absolute atomic E-state index is 13.5. The number of amides is 1. The van der Waals surface area contributed by atoms with E-state index in [0.717, 1.165) is 44.7 Å². The summed E-state index contributed by atoms with van der Waals surface area (Å²) in [6, 6.07) is 6.33. The monoisotopic (exact) mass is 534 g/mol. The van der Waals surface area contributed by atoms with Gasteiger partial charge < -0.3 is 34.7 Å². The molecule has 1 aromatic carbocycles. The van der Waals surface area contributed by atoms with Gasteiger partial charge in [0.1, 0.15) is 17.5 Å². The molecular weight excluding hydrogens is 500 g/mol. The van der Waals surface area contributed by atoms with Crippen LogP contribution in [0.4, 0.5) is 11.5 Å². The molecule has 2 fully saturated rings. The number of rotatable bonds is 5. The number of anilines is 1. The molecule has 12 heteroatoms. The van der Waals surface area contributed by atoms with E-state index in [9.17, 15) is 10.1 Å². The van der Waals surface area contributed by atoms with Crippen LogP contribution < -0.4 is 25.4 Å². The lowest BCUT2D eigenvalue weighted by atomic mass is 9.98. The molecule has 39 heavy (non-hydrogen) atoms. The molecule has 0 saturated carbocycles. The smallest absolute Gasteiger partial charge is 0.257 e. The Labute approximate surface area is 227 Å². The van der Waals surface area contributed by atoms with Crippen LogP contribution in [-0.4, -0.2) is 85.4 Å². The van der Waals surface area contributed by atoms with Crippen LogP contribution >= 0.6 is 0 Å². The summed E-state index contributed by atoms with van der Waals surface area (Å²) in [7, 11) is 0. The third-order valence-electron chi connectivity index (χ3n) is 7.92. The lowest BCUT2D eigenvalue weighted by molar-refractivity contribution is 0.00155. The molecule has 2 aromatic rings. The average molecular weight is 535 g/mol. The van der Waals surface area contributed by atoms with Crippen molar-refractivity contribution in [2.45, 2.75) is 38.4 Å². The Morgan fingerprint density at radius 3 is 2.72 bits per heavy atom. The predicted octanol–water partition coefficient (Wildman–Crippen LogP) is 2.04. The van der Waals surface area contributed by atoms with Gasteiger partial charge in [-0.3, -0.25) is 15.0 Å². The van der Waals surface area contributed by atoms with E-state index in [1.807, 2.05) is 24.8 Å². The first-order chi connectivity index (χ1) is 19.0. The Hall–Kier alpha value is -3.79. The highest BCUT2D eigenvalue weighted by atomic mass is 16.7. The van der Waals surface area contributed by atoms with Crippen molar-refractivity contribution in [3.8, 4) is 17.6 Å². The number of nitrogens with zero attached hydrogens (tertiary/aromatic N) is 4. The average Bonchev–Trinajstić information content (AvgIpc) is 3.62. The number of aromatic nitrogens is 1. The van der Waals surface area contributed by atoms with Crippen molar-refractivity contribution in [2.75, 3.05) is 58.0 Å². The number of morpholine rings is 1. The van der Waals surface area contributed by atoms with Crippen LogP contribution in [0.2, 0.25) is 0 Å². The first-order valence-corrected chi connectivity index (χ1v) is 13.5. The lowest BCUT2D eigenvalue weighted by Crippen LogP contribution is -2.57. The zero-order chi connectivity index (χ0) is 27.0. The van der Waals surface area contributed by atoms with Crippen molar-refractivity contribution in [1.29, 1.82) is 5.26 Å². The largest absolute Gasteiger partial charge is 0.453 e. The van der Waals surface area contributed by atoms with E-state index in [1.54, 1.807) is 12.3 Å². The number of nitriles is 1. The molecule has 0 radical (unpaired) electrons. The molecule has 5 heterocycles. The van der Waals surface area contributed by atoms with E-state index in [2.05, 4.69) is 36.9 Å². The number of aliphatic imine (C=N–C) groups is 1. The van der Waals surface area contributed by atoms with Gasteiger partial charge in [-0.1, -0.05) is 6.92 Å². The summed E-state index contributed by atoms with van der Waals surface area (Å²) < 4.78 is 17.1. The number of fused-ring (bicyclic) bond motifs is 2. The van der Waals surface area contributed by atoms with Crippen LogP contribution in [0.15, 0.2) is 23.3 Å². The highest BCUT2D eigenvalue weighted by Crippen LogP contribution is 2.43. The number of nitrogens with one attached hydrogen (secondary N) is 4. The third kappa shape index (κ3) is 4.67. The van der Waals surface area contributed by atoms with E-state index in [-0.39, 0.29) is 12.7 Å². The van der Waals surface area contributed by atoms with Crippen LogP contribution in [0, 0.1) is 11.3 Å². The molecule has 4 aliphatic rings. The van der Waals surface area contributed by atoms with E-state index in [1.165, 1.54) is 0 Å². The molecule has 12 nitrogen and oxygen atoms in total. The van der Waals surface area contributed by atoms with Gasteiger partial charge in [0.15, 0.2) is 11.5 Å². The number of piperidine rings is 1. The molecule has 1 amide bonds. The minimum atomic E-state index is -0.719. The van der Waals surface area contributed by atoms with E-state index < -0.39 is 5.66 Å². The summed E-state index contributed by atoms with van der Waals surface area (Å²) in [6.07, 6.45) is 3.57. The molecule has 206 valence electrons. The minimum absolute atomic E-state index is 0.0364. The number of hydrogen-bond acceptors (Lipinski definition) is 10. The second-order valence-corrected chi connectivity index (χ2v) is 10.3. The van der Waals surface area contributed by atoms with Gasteiger partial charge in [0, 0.05) is 38.4 Å². The molecule has 0 bridgehead atoms. The molecule has 6 rings (SSSR count). The number of guanidine groups is 1. The number of hydrogen-bond donors (Lipinski definition) is 4. The Morgan fingerprint density at radius 2 is 1.97 bits per heavy atom. The summed E-state index contributed by atoms with van der Waals surface area (Å²) in [5, 5.41) is 19.7. The Kier molecular flexibility index (Phi) is 6.80. The maximum atomic E-state index is 13.5. The summed E-state index contributed by atoms with van der Waals surface area (Å²) in [4.78, 5) is 25.7. The summed E-state index contributed by atoms with van der Waals surface area (Å²) in [5.41, 5.74) is 1.70. The summed E-state index contributed by atoms with van der Waals surface area (Å²) in [6.45, 7) is 9.60. The van der Waals surface area contributed by atoms with Crippen LogP contribution in [0.25, 0.3) is 0 Å². The SMILES string of the molecule is CCNC1(C)NC(Nc2ccc(C(=O)N3CCC(N4CCOCC4)CC3)c3c2OCO3)=Nc2[nH]cc(C#N)c21. The van der Waals surface area contributed by atoms with Crippen LogP contribution in [0.1, 0.15) is 48.2 Å². The fraction of sp³-hybridized carbons (Fsp3) is 0.519. The van der Waals surface area contributed by atoms with Crippen molar-refractivity contribution < 1.29 is 19.0 Å². The molecule has 1 unspecified atom stereocenters. The van der Waals surface area contributed by atoms with E-state index in [4.69, 9.17) is 14.2 Å². The quantitative estimate of drug-likeness (QED) is 0.454. The number of carbonyl (C=O) groups is 1. The fourth-order valence-corrected chi connectivity index (χ4v) is 6.02. The summed E-state index contributed by atoms with van der Waals surface area (Å²) >= 11 is 0. The van der Waals surface area contributed by atoms with Gasteiger partial charge in [-0.2, -0.15) is 10.3 Å². The van der Waals surface area contributed by atoms with Gasteiger partial charge in [0.2, 0.25) is 12.8 Å². The van der Waals surface area contributed by atoms with Gasteiger partial charge in [-0.15, -0.1) is 0 Å². The molecule has 1 atom stereocenters. The van der Waals surface area contributed by atoms with Gasteiger partial charge >= 0.3 is 0 Å².